The van der Waals surface area contributed by atoms with Gasteiger partial charge in [0.05, 0.1) is 17.7 Å². The standard InChI is InChI=1S/C24H29N3O3S2/c1-4-17-31-23-22(19-7-5-18(2)6-8-19)25-24(26-23)13-15-27(16-14-24)32(28,29)21-11-9-20(30-3)10-12-21/h5-12H,4,13-17H2,1-3H3. The molecule has 2 aromatic rings. The minimum Gasteiger partial charge on any atom is -0.497 e. The molecule has 0 atom stereocenters. The zero-order chi connectivity index (χ0) is 22.8. The summed E-state index contributed by atoms with van der Waals surface area (Å²) in [5.41, 5.74) is 2.65. The number of aliphatic imine (C=N–C) groups is 2. The van der Waals surface area contributed by atoms with E-state index < -0.39 is 15.7 Å². The maximum atomic E-state index is 13.1. The highest BCUT2D eigenvalue weighted by molar-refractivity contribution is 8.15. The molecule has 0 aliphatic carbocycles. The van der Waals surface area contributed by atoms with E-state index in [1.807, 2.05) is 0 Å². The first-order valence-electron chi connectivity index (χ1n) is 10.9. The molecule has 1 saturated heterocycles. The number of thioether (sulfide) groups is 1. The van der Waals surface area contributed by atoms with Crippen molar-refractivity contribution in [3.8, 4) is 5.75 Å². The molecule has 4 rings (SSSR count). The van der Waals surface area contributed by atoms with Crippen LogP contribution in [0.25, 0.3) is 0 Å². The zero-order valence-electron chi connectivity index (χ0n) is 18.7. The first kappa shape index (κ1) is 23.0. The third-order valence-corrected chi connectivity index (χ3v) is 8.90. The predicted octanol–water partition coefficient (Wildman–Crippen LogP) is 4.53. The number of hydrogen-bond donors (Lipinski definition) is 0. The van der Waals surface area contributed by atoms with Crippen molar-refractivity contribution in [2.75, 3.05) is 26.0 Å². The maximum Gasteiger partial charge on any atom is 0.243 e. The van der Waals surface area contributed by atoms with Gasteiger partial charge in [0.25, 0.3) is 0 Å². The Morgan fingerprint density at radius 1 is 1.03 bits per heavy atom. The second kappa shape index (κ2) is 9.37. The summed E-state index contributed by atoms with van der Waals surface area (Å²) < 4.78 is 32.9. The highest BCUT2D eigenvalue weighted by atomic mass is 32.2. The molecule has 1 fully saturated rings. The van der Waals surface area contributed by atoms with Crippen LogP contribution in [0.4, 0.5) is 0 Å². The van der Waals surface area contributed by atoms with Gasteiger partial charge in [0, 0.05) is 31.5 Å². The Morgan fingerprint density at radius 2 is 1.69 bits per heavy atom. The van der Waals surface area contributed by atoms with E-state index in [0.29, 0.717) is 31.7 Å². The van der Waals surface area contributed by atoms with E-state index in [1.54, 1.807) is 47.4 Å². The molecule has 0 aromatic heterocycles. The van der Waals surface area contributed by atoms with Crippen LogP contribution in [-0.2, 0) is 10.0 Å². The van der Waals surface area contributed by atoms with Crippen molar-refractivity contribution in [2.24, 2.45) is 9.98 Å². The Morgan fingerprint density at radius 3 is 2.28 bits per heavy atom. The number of piperidine rings is 1. The number of hydrogen-bond acceptors (Lipinski definition) is 6. The topological polar surface area (TPSA) is 71.3 Å². The third kappa shape index (κ3) is 4.63. The van der Waals surface area contributed by atoms with E-state index >= 15 is 0 Å². The molecule has 170 valence electrons. The van der Waals surface area contributed by atoms with Crippen LogP contribution in [0.15, 0.2) is 63.4 Å². The van der Waals surface area contributed by atoms with Gasteiger partial charge in [0.2, 0.25) is 10.0 Å². The molecule has 32 heavy (non-hydrogen) atoms. The molecule has 2 aliphatic rings. The number of sulfonamides is 1. The molecule has 8 heteroatoms. The van der Waals surface area contributed by atoms with Gasteiger partial charge >= 0.3 is 0 Å². The van der Waals surface area contributed by atoms with E-state index in [4.69, 9.17) is 14.7 Å². The van der Waals surface area contributed by atoms with E-state index in [2.05, 4.69) is 38.1 Å². The van der Waals surface area contributed by atoms with E-state index in [9.17, 15) is 8.42 Å². The first-order valence-corrected chi connectivity index (χ1v) is 13.3. The summed E-state index contributed by atoms with van der Waals surface area (Å²) in [7, 11) is -1.99. The average molecular weight is 472 g/mol. The number of benzene rings is 2. The lowest BCUT2D eigenvalue weighted by Crippen LogP contribution is -2.44. The summed E-state index contributed by atoms with van der Waals surface area (Å²) in [5.74, 6) is 1.62. The van der Waals surface area contributed by atoms with Gasteiger partial charge in [0.1, 0.15) is 10.8 Å². The second-order valence-corrected chi connectivity index (χ2v) is 11.2. The molecule has 2 aromatic carbocycles. The van der Waals surface area contributed by atoms with Gasteiger partial charge in [-0.2, -0.15) is 4.31 Å². The number of nitrogens with zero attached hydrogens (tertiary/aromatic N) is 3. The molecule has 0 radical (unpaired) electrons. The Hall–Kier alpha value is -2.16. The van der Waals surface area contributed by atoms with Crippen molar-refractivity contribution >= 4 is 32.5 Å². The summed E-state index contributed by atoms with van der Waals surface area (Å²) in [6.45, 7) is 5.02. The summed E-state index contributed by atoms with van der Waals surface area (Å²) in [5, 5.41) is 0.974. The third-order valence-electron chi connectivity index (χ3n) is 5.82. The fourth-order valence-corrected chi connectivity index (χ4v) is 6.30. The smallest absolute Gasteiger partial charge is 0.243 e. The van der Waals surface area contributed by atoms with Gasteiger partial charge in [-0.3, -0.25) is 4.99 Å². The monoisotopic (exact) mass is 471 g/mol. The lowest BCUT2D eigenvalue weighted by Gasteiger charge is -2.34. The van der Waals surface area contributed by atoms with Gasteiger partial charge < -0.3 is 4.74 Å². The molecule has 0 N–H and O–H groups in total. The molecule has 6 nitrogen and oxygen atoms in total. The lowest BCUT2D eigenvalue weighted by molar-refractivity contribution is 0.249. The molecule has 1 spiro atoms. The minimum absolute atomic E-state index is 0.284. The summed E-state index contributed by atoms with van der Waals surface area (Å²) in [4.78, 5) is 10.4. The fourth-order valence-electron chi connectivity index (χ4n) is 3.93. The highest BCUT2D eigenvalue weighted by Gasteiger charge is 2.42. The highest BCUT2D eigenvalue weighted by Crippen LogP contribution is 2.37. The number of rotatable bonds is 6. The van der Waals surface area contributed by atoms with Crippen LogP contribution in [0.2, 0.25) is 0 Å². The van der Waals surface area contributed by atoms with Crippen LogP contribution >= 0.6 is 11.8 Å². The Labute approximate surface area is 194 Å². The molecular weight excluding hydrogens is 442 g/mol. The second-order valence-electron chi connectivity index (χ2n) is 8.15. The van der Waals surface area contributed by atoms with Crippen LogP contribution in [0.1, 0.15) is 37.3 Å². The SMILES string of the molecule is CCCSC1=NC2(CCN(S(=O)(=O)c3ccc(OC)cc3)CC2)N=C1c1ccc(C)cc1. The first-order chi connectivity index (χ1) is 15.4. The van der Waals surface area contributed by atoms with Gasteiger partial charge in [-0.15, -0.1) is 11.8 Å². The van der Waals surface area contributed by atoms with Gasteiger partial charge in [-0.05, 0) is 43.4 Å². The lowest BCUT2D eigenvalue weighted by atomic mass is 10.00. The van der Waals surface area contributed by atoms with Crippen molar-refractivity contribution in [1.29, 1.82) is 0 Å². The summed E-state index contributed by atoms with van der Waals surface area (Å²) >= 11 is 1.74. The van der Waals surface area contributed by atoms with Crippen LogP contribution in [0.5, 0.6) is 5.75 Å². The summed E-state index contributed by atoms with van der Waals surface area (Å²) in [6.07, 6.45) is 2.22. The maximum absolute atomic E-state index is 13.1. The molecular formula is C24H29N3O3S2. The number of ether oxygens (including phenoxy) is 1. The fraction of sp³-hybridized carbons (Fsp3) is 0.417. The van der Waals surface area contributed by atoms with Crippen molar-refractivity contribution in [2.45, 2.75) is 43.7 Å². The van der Waals surface area contributed by atoms with Gasteiger partial charge in [-0.25, -0.2) is 13.4 Å². The molecule has 0 bridgehead atoms. The van der Waals surface area contributed by atoms with Gasteiger partial charge in [0.15, 0.2) is 5.66 Å². The zero-order valence-corrected chi connectivity index (χ0v) is 20.4. The normalized spacial score (nSPS) is 18.5. The van der Waals surface area contributed by atoms with Crippen LogP contribution < -0.4 is 4.74 Å². The number of methoxy groups -OCH3 is 1. The van der Waals surface area contributed by atoms with Crippen LogP contribution in [0.3, 0.4) is 0 Å². The van der Waals surface area contributed by atoms with Crippen molar-refractivity contribution in [3.63, 3.8) is 0 Å². The van der Waals surface area contributed by atoms with Crippen molar-refractivity contribution in [1.82, 2.24) is 4.31 Å². The molecule has 2 heterocycles. The minimum atomic E-state index is -3.56. The van der Waals surface area contributed by atoms with Crippen molar-refractivity contribution in [3.05, 3.63) is 59.7 Å². The predicted molar refractivity (Wildman–Crippen MR) is 132 cm³/mol. The number of aryl methyl sites for hydroxylation is 1. The van der Waals surface area contributed by atoms with E-state index in [0.717, 1.165) is 28.5 Å². The van der Waals surface area contributed by atoms with E-state index in [-0.39, 0.29) is 4.90 Å². The summed E-state index contributed by atoms with van der Waals surface area (Å²) in [6, 6.07) is 14.9. The van der Waals surface area contributed by atoms with Gasteiger partial charge in [-0.1, -0.05) is 36.8 Å². The average Bonchev–Trinajstić information content (AvgIpc) is 3.16. The van der Waals surface area contributed by atoms with Crippen molar-refractivity contribution < 1.29 is 13.2 Å². The molecule has 0 saturated carbocycles. The molecule has 0 amide bonds. The quantitative estimate of drug-likeness (QED) is 0.621. The van der Waals surface area contributed by atoms with Crippen LogP contribution in [-0.4, -0.2) is 55.1 Å². The Balaban J connectivity index is 1.55. The molecule has 2 aliphatic heterocycles. The Bertz CT molecular complexity index is 1120. The molecule has 0 unspecified atom stereocenters. The van der Waals surface area contributed by atoms with Crippen LogP contribution in [0, 0.1) is 6.92 Å². The largest absolute Gasteiger partial charge is 0.497 e. The Kier molecular flexibility index (Phi) is 6.74. The van der Waals surface area contributed by atoms with E-state index in [1.165, 1.54) is 5.56 Å².